The van der Waals surface area contributed by atoms with Crippen LogP contribution in [0.3, 0.4) is 0 Å². The summed E-state index contributed by atoms with van der Waals surface area (Å²) in [7, 11) is 0. The highest BCUT2D eigenvalue weighted by atomic mass is 16.6. The molecule has 4 unspecified atom stereocenters. The summed E-state index contributed by atoms with van der Waals surface area (Å²) >= 11 is 0. The number of carbonyl (C=O) groups is 1. The Kier molecular flexibility index (Phi) is 5.62. The largest absolute Gasteiger partial charge is 0.444 e. The van der Waals surface area contributed by atoms with Crippen molar-refractivity contribution in [1.29, 1.82) is 0 Å². The molecule has 1 amide bonds. The van der Waals surface area contributed by atoms with Crippen molar-refractivity contribution < 1.29 is 14.3 Å². The second kappa shape index (κ2) is 6.98. The van der Waals surface area contributed by atoms with Crippen LogP contribution in [0.1, 0.15) is 67.2 Å². The molecule has 134 valence electrons. The van der Waals surface area contributed by atoms with Crippen LogP contribution in [0.25, 0.3) is 0 Å². The van der Waals surface area contributed by atoms with Gasteiger partial charge in [0.15, 0.2) is 0 Å². The Morgan fingerprint density at radius 2 is 2.00 bits per heavy atom. The molecule has 0 spiro atoms. The van der Waals surface area contributed by atoms with E-state index in [0.29, 0.717) is 18.1 Å². The number of hydrogen-bond donors (Lipinski definition) is 2. The Balaban J connectivity index is 1.93. The Hall–Kier alpha value is -0.810. The molecule has 2 saturated carbocycles. The van der Waals surface area contributed by atoms with Crippen LogP contribution in [0.5, 0.6) is 0 Å². The van der Waals surface area contributed by atoms with Gasteiger partial charge in [0.2, 0.25) is 0 Å². The number of hydrogen-bond acceptors (Lipinski definition) is 4. The van der Waals surface area contributed by atoms with E-state index in [4.69, 9.17) is 9.47 Å². The highest BCUT2D eigenvalue weighted by molar-refractivity contribution is 5.68. The van der Waals surface area contributed by atoms with Gasteiger partial charge in [0, 0.05) is 12.6 Å². The van der Waals surface area contributed by atoms with Crippen LogP contribution < -0.4 is 10.6 Å². The Morgan fingerprint density at radius 3 is 2.52 bits per heavy atom. The molecule has 2 aliphatic rings. The van der Waals surface area contributed by atoms with Crippen molar-refractivity contribution >= 4 is 6.09 Å². The van der Waals surface area contributed by atoms with Crippen molar-refractivity contribution in [2.75, 3.05) is 6.61 Å². The van der Waals surface area contributed by atoms with Gasteiger partial charge in [0.1, 0.15) is 5.60 Å². The van der Waals surface area contributed by atoms with E-state index in [2.05, 4.69) is 24.5 Å². The fraction of sp³-hybridized carbons (Fsp3) is 0.944. The lowest BCUT2D eigenvalue weighted by Gasteiger charge is -2.47. The summed E-state index contributed by atoms with van der Waals surface area (Å²) in [5.74, 6) is 0. The number of ether oxygens (including phenoxy) is 2. The van der Waals surface area contributed by atoms with Gasteiger partial charge in [-0.25, -0.2) is 4.79 Å². The summed E-state index contributed by atoms with van der Waals surface area (Å²) in [6.07, 6.45) is 4.40. The van der Waals surface area contributed by atoms with E-state index in [-0.39, 0.29) is 24.3 Å². The van der Waals surface area contributed by atoms with E-state index < -0.39 is 5.60 Å². The summed E-state index contributed by atoms with van der Waals surface area (Å²) in [5.41, 5.74) is -0.160. The van der Waals surface area contributed by atoms with Gasteiger partial charge in [-0.3, -0.25) is 0 Å². The predicted octanol–water partition coefficient (Wildman–Crippen LogP) is 3.23. The average Bonchev–Trinajstić information content (AvgIpc) is 2.71. The fourth-order valence-corrected chi connectivity index (χ4v) is 3.69. The van der Waals surface area contributed by atoms with Crippen molar-refractivity contribution in [2.24, 2.45) is 5.41 Å². The van der Waals surface area contributed by atoms with Crippen LogP contribution in [0.15, 0.2) is 0 Å². The van der Waals surface area contributed by atoms with Gasteiger partial charge in [-0.1, -0.05) is 20.3 Å². The van der Waals surface area contributed by atoms with Crippen molar-refractivity contribution in [1.82, 2.24) is 10.6 Å². The lowest BCUT2D eigenvalue weighted by molar-refractivity contribution is -0.0498. The molecular weight excluding hydrogens is 292 g/mol. The standard InChI is InChI=1S/C18H34N2O3/c1-7-22-13-11-12(19-16(21)23-17(2,3)4)15(13)20-14-9-8-10-18(14,5)6/h12-15,20H,7-11H2,1-6H3,(H,19,21). The molecule has 0 aromatic carbocycles. The zero-order valence-electron chi connectivity index (χ0n) is 15.6. The van der Waals surface area contributed by atoms with Gasteiger partial charge < -0.3 is 20.1 Å². The average molecular weight is 326 g/mol. The maximum Gasteiger partial charge on any atom is 0.407 e. The van der Waals surface area contributed by atoms with Crippen molar-refractivity contribution in [3.05, 3.63) is 0 Å². The maximum atomic E-state index is 12.0. The molecule has 23 heavy (non-hydrogen) atoms. The summed E-state index contributed by atoms with van der Waals surface area (Å²) in [6, 6.07) is 0.737. The zero-order valence-corrected chi connectivity index (χ0v) is 15.6. The Bertz CT molecular complexity index is 417. The molecule has 2 aliphatic carbocycles. The topological polar surface area (TPSA) is 59.6 Å². The van der Waals surface area contributed by atoms with E-state index in [1.807, 2.05) is 27.7 Å². The van der Waals surface area contributed by atoms with Gasteiger partial charge in [-0.2, -0.15) is 0 Å². The fourth-order valence-electron chi connectivity index (χ4n) is 3.69. The molecular formula is C18H34N2O3. The molecule has 5 heteroatoms. The molecule has 5 nitrogen and oxygen atoms in total. The second-order valence-corrected chi connectivity index (χ2v) is 8.61. The zero-order chi connectivity index (χ0) is 17.3. The van der Waals surface area contributed by atoms with E-state index in [1.165, 1.54) is 19.3 Å². The maximum absolute atomic E-state index is 12.0. The van der Waals surface area contributed by atoms with Crippen LogP contribution in [-0.2, 0) is 9.47 Å². The van der Waals surface area contributed by atoms with E-state index in [9.17, 15) is 4.79 Å². The van der Waals surface area contributed by atoms with Crippen LogP contribution >= 0.6 is 0 Å². The van der Waals surface area contributed by atoms with Gasteiger partial charge >= 0.3 is 6.09 Å². The third-order valence-corrected chi connectivity index (χ3v) is 5.05. The first-order valence-corrected chi connectivity index (χ1v) is 8.99. The molecule has 0 heterocycles. The van der Waals surface area contributed by atoms with Crippen LogP contribution in [0.2, 0.25) is 0 Å². The lowest BCUT2D eigenvalue weighted by Crippen LogP contribution is -2.68. The third-order valence-electron chi connectivity index (χ3n) is 5.05. The summed E-state index contributed by atoms with van der Waals surface area (Å²) in [5, 5.41) is 6.77. The van der Waals surface area contributed by atoms with Gasteiger partial charge in [0.25, 0.3) is 0 Å². The number of amides is 1. The smallest absolute Gasteiger partial charge is 0.407 e. The molecule has 2 rings (SSSR count). The first-order valence-electron chi connectivity index (χ1n) is 8.99. The second-order valence-electron chi connectivity index (χ2n) is 8.61. The van der Waals surface area contributed by atoms with Crippen LogP contribution in [0, 0.1) is 5.41 Å². The highest BCUT2D eigenvalue weighted by Crippen LogP contribution is 2.39. The van der Waals surface area contributed by atoms with E-state index in [1.54, 1.807) is 0 Å². The minimum absolute atomic E-state index is 0.0813. The lowest BCUT2D eigenvalue weighted by atomic mass is 9.79. The third kappa shape index (κ3) is 4.83. The van der Waals surface area contributed by atoms with Crippen LogP contribution in [-0.4, -0.2) is 42.5 Å². The van der Waals surface area contributed by atoms with E-state index >= 15 is 0 Å². The molecule has 0 aromatic rings. The molecule has 0 radical (unpaired) electrons. The number of alkyl carbamates (subject to hydrolysis) is 1. The monoisotopic (exact) mass is 326 g/mol. The van der Waals surface area contributed by atoms with Gasteiger partial charge in [-0.05, 0) is 52.4 Å². The van der Waals surface area contributed by atoms with Crippen LogP contribution in [0.4, 0.5) is 4.79 Å². The summed E-state index contributed by atoms with van der Waals surface area (Å²) in [4.78, 5) is 12.0. The normalized spacial score (nSPS) is 33.1. The molecule has 0 aliphatic heterocycles. The van der Waals surface area contributed by atoms with Gasteiger partial charge in [-0.15, -0.1) is 0 Å². The number of nitrogens with one attached hydrogen (secondary N) is 2. The van der Waals surface area contributed by atoms with Gasteiger partial charge in [0.05, 0.1) is 18.2 Å². The molecule has 0 saturated heterocycles. The number of carbonyl (C=O) groups excluding carboxylic acids is 1. The Labute approximate surface area is 140 Å². The molecule has 2 N–H and O–H groups in total. The van der Waals surface area contributed by atoms with Crippen molar-refractivity contribution in [3.8, 4) is 0 Å². The van der Waals surface area contributed by atoms with Crippen molar-refractivity contribution in [2.45, 2.75) is 97.1 Å². The molecule has 2 fully saturated rings. The highest BCUT2D eigenvalue weighted by Gasteiger charge is 2.46. The predicted molar refractivity (Wildman–Crippen MR) is 91.5 cm³/mol. The molecule has 0 aromatic heterocycles. The first-order chi connectivity index (χ1) is 10.6. The van der Waals surface area contributed by atoms with Crippen molar-refractivity contribution in [3.63, 3.8) is 0 Å². The molecule has 4 atom stereocenters. The minimum Gasteiger partial charge on any atom is -0.444 e. The number of rotatable bonds is 5. The first kappa shape index (κ1) is 18.5. The molecule has 0 bridgehead atoms. The summed E-state index contributed by atoms with van der Waals surface area (Å²) < 4.78 is 11.2. The SMILES string of the molecule is CCOC1CC(NC(=O)OC(C)(C)C)C1NC1CCCC1(C)C. The minimum atomic E-state index is -0.469. The Morgan fingerprint density at radius 1 is 1.30 bits per heavy atom. The quantitative estimate of drug-likeness (QED) is 0.814. The van der Waals surface area contributed by atoms with E-state index in [0.717, 1.165) is 6.42 Å². The summed E-state index contributed by atoms with van der Waals surface area (Å²) in [6.45, 7) is 13.0.